The number of nitrogens with one attached hydrogen (secondary N) is 2. The van der Waals surface area contributed by atoms with E-state index in [-0.39, 0.29) is 24.0 Å². The zero-order valence-corrected chi connectivity index (χ0v) is 15.9. The minimum absolute atomic E-state index is 0. The quantitative estimate of drug-likeness (QED) is 0.417. The molecule has 2 N–H and O–H groups in total. The number of guanidine groups is 1. The number of halogens is 1. The molecule has 0 bridgehead atoms. The molecule has 1 unspecified atom stereocenters. The predicted octanol–water partition coefficient (Wildman–Crippen LogP) is 3.23. The summed E-state index contributed by atoms with van der Waals surface area (Å²) in [5.74, 6) is 1.62. The van der Waals surface area contributed by atoms with Crippen LogP contribution in [-0.2, 0) is 6.42 Å². The normalized spacial score (nSPS) is 12.7. The maximum Gasteiger partial charge on any atom is 0.191 e. The molecule has 4 nitrogen and oxygen atoms in total. The van der Waals surface area contributed by atoms with Gasteiger partial charge in [0.15, 0.2) is 5.96 Å². The Kier molecular flexibility index (Phi) is 11.3. The Morgan fingerprint density at radius 2 is 2.00 bits per heavy atom. The van der Waals surface area contributed by atoms with E-state index in [1.165, 1.54) is 12.8 Å². The first-order valence-corrected chi connectivity index (χ1v) is 7.49. The largest absolute Gasteiger partial charge is 0.356 e. The fourth-order valence-electron chi connectivity index (χ4n) is 1.94. The van der Waals surface area contributed by atoms with E-state index < -0.39 is 0 Å². The highest BCUT2D eigenvalue weighted by molar-refractivity contribution is 14.0. The topological polar surface area (TPSA) is 49.3 Å². The van der Waals surface area contributed by atoms with Crippen molar-refractivity contribution in [1.82, 2.24) is 15.6 Å². The SMILES string of the molecule is CN=C(NCCc1ccccn1)NC(C)CCC(C)C.I. The fraction of sp³-hybridized carbons (Fsp3) is 0.625. The lowest BCUT2D eigenvalue weighted by Crippen LogP contribution is -2.43. The van der Waals surface area contributed by atoms with Crippen LogP contribution in [0.5, 0.6) is 0 Å². The Morgan fingerprint density at radius 3 is 2.57 bits per heavy atom. The van der Waals surface area contributed by atoms with E-state index >= 15 is 0 Å². The van der Waals surface area contributed by atoms with Crippen LogP contribution in [-0.4, -0.2) is 30.6 Å². The minimum Gasteiger partial charge on any atom is -0.356 e. The molecule has 0 spiro atoms. The van der Waals surface area contributed by atoms with Gasteiger partial charge in [-0.15, -0.1) is 24.0 Å². The molecular formula is C16H29IN4. The Morgan fingerprint density at radius 1 is 1.24 bits per heavy atom. The molecule has 0 amide bonds. The van der Waals surface area contributed by atoms with Gasteiger partial charge >= 0.3 is 0 Å². The van der Waals surface area contributed by atoms with E-state index in [4.69, 9.17) is 0 Å². The van der Waals surface area contributed by atoms with Gasteiger partial charge in [-0.05, 0) is 37.8 Å². The van der Waals surface area contributed by atoms with Crippen molar-refractivity contribution < 1.29 is 0 Å². The Balaban J connectivity index is 0.00000400. The monoisotopic (exact) mass is 404 g/mol. The van der Waals surface area contributed by atoms with E-state index in [1.807, 2.05) is 31.4 Å². The van der Waals surface area contributed by atoms with Crippen LogP contribution < -0.4 is 10.6 Å². The molecule has 1 atom stereocenters. The van der Waals surface area contributed by atoms with Crippen LogP contribution in [0.2, 0.25) is 0 Å². The van der Waals surface area contributed by atoms with Crippen LogP contribution in [0.4, 0.5) is 0 Å². The van der Waals surface area contributed by atoms with Gasteiger partial charge in [-0.25, -0.2) is 0 Å². The Labute approximate surface area is 146 Å². The van der Waals surface area contributed by atoms with Gasteiger partial charge in [-0.3, -0.25) is 9.98 Å². The Hall–Kier alpha value is -0.850. The summed E-state index contributed by atoms with van der Waals surface area (Å²) in [5, 5.41) is 6.76. The number of hydrogen-bond donors (Lipinski definition) is 2. The summed E-state index contributed by atoms with van der Waals surface area (Å²) in [6.45, 7) is 7.56. The third-order valence-electron chi connectivity index (χ3n) is 3.18. The molecule has 0 saturated carbocycles. The van der Waals surface area contributed by atoms with Crippen LogP contribution in [0.1, 0.15) is 39.3 Å². The van der Waals surface area contributed by atoms with Crippen molar-refractivity contribution in [2.45, 2.75) is 46.1 Å². The number of rotatable bonds is 7. The highest BCUT2D eigenvalue weighted by Gasteiger charge is 2.06. The van der Waals surface area contributed by atoms with Crippen molar-refractivity contribution in [1.29, 1.82) is 0 Å². The van der Waals surface area contributed by atoms with Crippen LogP contribution >= 0.6 is 24.0 Å². The van der Waals surface area contributed by atoms with Crippen LogP contribution in [0.15, 0.2) is 29.4 Å². The molecule has 0 aliphatic heterocycles. The highest BCUT2D eigenvalue weighted by atomic mass is 127. The maximum atomic E-state index is 4.31. The number of pyridine rings is 1. The van der Waals surface area contributed by atoms with Crippen molar-refractivity contribution in [2.75, 3.05) is 13.6 Å². The van der Waals surface area contributed by atoms with Crippen LogP contribution in [0.25, 0.3) is 0 Å². The highest BCUT2D eigenvalue weighted by Crippen LogP contribution is 2.06. The molecule has 1 aromatic heterocycles. The standard InChI is InChI=1S/C16H28N4.HI/c1-13(2)8-9-14(3)20-16(17-4)19-12-10-15-7-5-6-11-18-15;/h5-7,11,13-14H,8-10,12H2,1-4H3,(H2,17,19,20);1H. The summed E-state index contributed by atoms with van der Waals surface area (Å²) >= 11 is 0. The number of hydrogen-bond acceptors (Lipinski definition) is 2. The summed E-state index contributed by atoms with van der Waals surface area (Å²) in [5.41, 5.74) is 1.10. The predicted molar refractivity (Wildman–Crippen MR) is 101 cm³/mol. The van der Waals surface area contributed by atoms with Gasteiger partial charge in [0.25, 0.3) is 0 Å². The van der Waals surface area contributed by atoms with Gasteiger partial charge in [0.2, 0.25) is 0 Å². The van der Waals surface area contributed by atoms with Gasteiger partial charge in [-0.1, -0.05) is 19.9 Å². The van der Waals surface area contributed by atoms with E-state index in [1.54, 1.807) is 0 Å². The first-order chi connectivity index (χ1) is 9.61. The second-order valence-electron chi connectivity index (χ2n) is 5.59. The second kappa shape index (κ2) is 11.8. The van der Waals surface area contributed by atoms with Gasteiger partial charge < -0.3 is 10.6 Å². The summed E-state index contributed by atoms with van der Waals surface area (Å²) in [4.78, 5) is 8.57. The minimum atomic E-state index is 0. The summed E-state index contributed by atoms with van der Waals surface area (Å²) < 4.78 is 0. The molecule has 1 aromatic rings. The molecule has 0 aromatic carbocycles. The van der Waals surface area contributed by atoms with Crippen LogP contribution in [0, 0.1) is 5.92 Å². The molecular weight excluding hydrogens is 375 g/mol. The lowest BCUT2D eigenvalue weighted by atomic mass is 10.0. The average molecular weight is 404 g/mol. The zero-order chi connectivity index (χ0) is 14.8. The van der Waals surface area contributed by atoms with E-state index in [0.717, 1.165) is 30.5 Å². The van der Waals surface area contributed by atoms with E-state index in [2.05, 4.69) is 41.4 Å². The van der Waals surface area contributed by atoms with Crippen molar-refractivity contribution in [3.8, 4) is 0 Å². The van der Waals surface area contributed by atoms with Crippen molar-refractivity contribution >= 4 is 29.9 Å². The summed E-state index contributed by atoms with van der Waals surface area (Å²) in [6.07, 6.45) is 5.13. The van der Waals surface area contributed by atoms with Crippen molar-refractivity contribution in [3.63, 3.8) is 0 Å². The average Bonchev–Trinajstić information content (AvgIpc) is 2.45. The van der Waals surface area contributed by atoms with Gasteiger partial charge in [0.05, 0.1) is 0 Å². The van der Waals surface area contributed by atoms with Gasteiger partial charge in [0.1, 0.15) is 0 Å². The first-order valence-electron chi connectivity index (χ1n) is 7.49. The molecule has 0 radical (unpaired) electrons. The Bertz CT molecular complexity index is 393. The first kappa shape index (κ1) is 20.1. The molecule has 1 heterocycles. The van der Waals surface area contributed by atoms with E-state index in [9.17, 15) is 0 Å². The van der Waals surface area contributed by atoms with Crippen molar-refractivity contribution in [2.24, 2.45) is 10.9 Å². The smallest absolute Gasteiger partial charge is 0.191 e. The van der Waals surface area contributed by atoms with Crippen molar-refractivity contribution in [3.05, 3.63) is 30.1 Å². The second-order valence-corrected chi connectivity index (χ2v) is 5.59. The number of aromatic nitrogens is 1. The molecule has 120 valence electrons. The molecule has 0 saturated heterocycles. The lowest BCUT2D eigenvalue weighted by molar-refractivity contribution is 0.489. The third-order valence-corrected chi connectivity index (χ3v) is 3.18. The molecule has 5 heteroatoms. The molecule has 1 rings (SSSR count). The number of nitrogens with zero attached hydrogens (tertiary/aromatic N) is 2. The maximum absolute atomic E-state index is 4.31. The van der Waals surface area contributed by atoms with E-state index in [0.29, 0.717) is 6.04 Å². The lowest BCUT2D eigenvalue weighted by Gasteiger charge is -2.18. The fourth-order valence-corrected chi connectivity index (χ4v) is 1.94. The van der Waals surface area contributed by atoms with Gasteiger partial charge in [0, 0.05) is 37.9 Å². The molecule has 0 fully saturated rings. The third kappa shape index (κ3) is 9.66. The molecule has 0 aliphatic rings. The molecule has 21 heavy (non-hydrogen) atoms. The van der Waals surface area contributed by atoms with Gasteiger partial charge in [-0.2, -0.15) is 0 Å². The summed E-state index contributed by atoms with van der Waals surface area (Å²) in [7, 11) is 1.81. The number of aliphatic imine (C=N–C) groups is 1. The molecule has 0 aliphatic carbocycles. The zero-order valence-electron chi connectivity index (χ0n) is 13.6. The summed E-state index contributed by atoms with van der Waals surface area (Å²) in [6, 6.07) is 6.44. The van der Waals surface area contributed by atoms with Crippen LogP contribution in [0.3, 0.4) is 0 Å².